The Kier molecular flexibility index (Phi) is 52.0. The van der Waals surface area contributed by atoms with Gasteiger partial charge in [0.1, 0.15) is 0 Å². The van der Waals surface area contributed by atoms with Crippen LogP contribution in [0, 0.1) is 0 Å². The number of nitrogens with one attached hydrogen (secondary N) is 1. The molecule has 0 aliphatic carbocycles. The topological polar surface area (TPSA) is 95.9 Å². The highest BCUT2D eigenvalue weighted by Crippen LogP contribution is 2.17. The summed E-state index contributed by atoms with van der Waals surface area (Å²) in [6, 6.07) is -0.552. The Morgan fingerprint density at radius 1 is 0.429 bits per heavy atom. The number of rotatable bonds is 53. The fourth-order valence-corrected chi connectivity index (χ4v) is 8.93. The van der Waals surface area contributed by atoms with Crippen molar-refractivity contribution in [3.8, 4) is 0 Å². The summed E-state index contributed by atoms with van der Waals surface area (Å²) in [4.78, 5) is 24.6. The first-order valence-electron chi connectivity index (χ1n) is 28.4. The molecule has 0 aliphatic rings. The number of carbonyl (C=O) groups is 2. The SMILES string of the molecule is CCCCCCCC/C=C\CCCCCCCCCCCC(=O)OCCCCCCCCCCCCCCC(=O)NC(CO)C(O)CCCCCCCCCCCCCCCCC. The predicted molar refractivity (Wildman–Crippen MR) is 273 cm³/mol. The Morgan fingerprint density at radius 2 is 0.746 bits per heavy atom. The zero-order chi connectivity index (χ0) is 45.8. The minimum Gasteiger partial charge on any atom is -0.466 e. The third-order valence-corrected chi connectivity index (χ3v) is 13.3. The van der Waals surface area contributed by atoms with Gasteiger partial charge < -0.3 is 20.3 Å². The Bertz CT molecular complexity index is 939. The number of amides is 1. The molecule has 0 saturated carbocycles. The third kappa shape index (κ3) is 49.9. The van der Waals surface area contributed by atoms with Crippen molar-refractivity contribution in [2.24, 2.45) is 0 Å². The van der Waals surface area contributed by atoms with Crippen LogP contribution < -0.4 is 5.32 Å². The molecule has 63 heavy (non-hydrogen) atoms. The molecule has 374 valence electrons. The van der Waals surface area contributed by atoms with Crippen LogP contribution in [0.25, 0.3) is 0 Å². The second kappa shape index (κ2) is 53.2. The second-order valence-corrected chi connectivity index (χ2v) is 19.6. The number of allylic oxidation sites excluding steroid dienone is 2. The van der Waals surface area contributed by atoms with Gasteiger partial charge in [-0.25, -0.2) is 0 Å². The molecule has 2 unspecified atom stereocenters. The summed E-state index contributed by atoms with van der Waals surface area (Å²) in [7, 11) is 0. The third-order valence-electron chi connectivity index (χ3n) is 13.3. The molecule has 0 saturated heterocycles. The maximum atomic E-state index is 12.5. The molecule has 0 aromatic rings. The van der Waals surface area contributed by atoms with Crippen molar-refractivity contribution in [3.05, 3.63) is 12.2 Å². The Balaban J connectivity index is 3.43. The van der Waals surface area contributed by atoms with Gasteiger partial charge in [-0.1, -0.05) is 264 Å². The van der Waals surface area contributed by atoms with Crippen molar-refractivity contribution in [1.82, 2.24) is 5.32 Å². The van der Waals surface area contributed by atoms with Crippen molar-refractivity contribution in [2.75, 3.05) is 13.2 Å². The van der Waals surface area contributed by atoms with Crippen LogP contribution in [0.3, 0.4) is 0 Å². The van der Waals surface area contributed by atoms with Crippen LogP contribution in [0.15, 0.2) is 12.2 Å². The van der Waals surface area contributed by atoms with E-state index < -0.39 is 12.1 Å². The van der Waals surface area contributed by atoms with Crippen molar-refractivity contribution in [2.45, 2.75) is 328 Å². The lowest BCUT2D eigenvalue weighted by Gasteiger charge is -2.22. The summed E-state index contributed by atoms with van der Waals surface area (Å²) < 4.78 is 5.48. The zero-order valence-corrected chi connectivity index (χ0v) is 42.6. The molecule has 2 atom stereocenters. The minimum absolute atomic E-state index is 0.00893. The van der Waals surface area contributed by atoms with Crippen molar-refractivity contribution in [1.29, 1.82) is 0 Å². The summed E-state index contributed by atoms with van der Waals surface area (Å²) in [5.41, 5.74) is 0. The summed E-state index contributed by atoms with van der Waals surface area (Å²) in [6.07, 6.45) is 61.9. The summed E-state index contributed by atoms with van der Waals surface area (Å²) in [5, 5.41) is 23.2. The Labute approximate surface area is 393 Å². The van der Waals surface area contributed by atoms with Crippen LogP contribution in [0.1, 0.15) is 316 Å². The molecule has 1 amide bonds. The minimum atomic E-state index is -0.674. The van der Waals surface area contributed by atoms with Gasteiger partial charge in [-0.15, -0.1) is 0 Å². The average molecular weight is 891 g/mol. The smallest absolute Gasteiger partial charge is 0.305 e. The van der Waals surface area contributed by atoms with Crippen LogP contribution in [0.5, 0.6) is 0 Å². The maximum absolute atomic E-state index is 12.5. The van der Waals surface area contributed by atoms with E-state index in [2.05, 4.69) is 31.3 Å². The Morgan fingerprint density at radius 3 is 1.13 bits per heavy atom. The van der Waals surface area contributed by atoms with E-state index in [1.807, 2.05) is 0 Å². The molecule has 0 aliphatic heterocycles. The van der Waals surface area contributed by atoms with Crippen LogP contribution in [-0.2, 0) is 14.3 Å². The highest BCUT2D eigenvalue weighted by molar-refractivity contribution is 5.76. The molecule has 6 heteroatoms. The fourth-order valence-electron chi connectivity index (χ4n) is 8.93. The van der Waals surface area contributed by atoms with E-state index in [-0.39, 0.29) is 18.5 Å². The van der Waals surface area contributed by atoms with Gasteiger partial charge in [0.05, 0.1) is 25.4 Å². The number of ether oxygens (including phenoxy) is 1. The molecule has 0 rings (SSSR count). The lowest BCUT2D eigenvalue weighted by atomic mass is 10.0. The fraction of sp³-hybridized carbons (Fsp3) is 0.930. The van der Waals surface area contributed by atoms with E-state index in [0.717, 1.165) is 57.8 Å². The van der Waals surface area contributed by atoms with Crippen molar-refractivity contribution >= 4 is 11.9 Å². The second-order valence-electron chi connectivity index (χ2n) is 19.6. The first kappa shape index (κ1) is 61.6. The Hall–Kier alpha value is -1.40. The lowest BCUT2D eigenvalue weighted by Crippen LogP contribution is -2.45. The zero-order valence-electron chi connectivity index (χ0n) is 42.6. The molecular weight excluding hydrogens is 779 g/mol. The van der Waals surface area contributed by atoms with E-state index in [1.54, 1.807) is 0 Å². The first-order chi connectivity index (χ1) is 31.0. The number of carbonyl (C=O) groups excluding carboxylic acids is 2. The number of esters is 1. The lowest BCUT2D eigenvalue weighted by molar-refractivity contribution is -0.143. The van der Waals surface area contributed by atoms with Crippen LogP contribution in [-0.4, -0.2) is 47.4 Å². The van der Waals surface area contributed by atoms with Gasteiger partial charge in [0.2, 0.25) is 5.91 Å². The number of aliphatic hydroxyl groups is 2. The summed E-state index contributed by atoms with van der Waals surface area (Å²) in [5.74, 6) is -0.0575. The predicted octanol–water partition coefficient (Wildman–Crippen LogP) is 17.3. The molecule has 0 fully saturated rings. The number of unbranched alkanes of at least 4 members (excludes halogenated alkanes) is 40. The molecule has 3 N–H and O–H groups in total. The van der Waals surface area contributed by atoms with Gasteiger partial charge in [0, 0.05) is 12.8 Å². The van der Waals surface area contributed by atoms with E-state index in [1.165, 1.54) is 225 Å². The van der Waals surface area contributed by atoms with Crippen molar-refractivity contribution in [3.63, 3.8) is 0 Å². The van der Waals surface area contributed by atoms with Crippen LogP contribution >= 0.6 is 0 Å². The highest BCUT2D eigenvalue weighted by Gasteiger charge is 2.20. The van der Waals surface area contributed by atoms with Gasteiger partial charge in [-0.3, -0.25) is 9.59 Å². The molecule has 0 heterocycles. The molecular formula is C57H111NO5. The standard InChI is InChI=1S/C57H111NO5/c1-3-5-7-9-11-13-15-17-19-20-21-22-24-26-31-35-39-43-47-51-57(62)63-52-48-44-40-36-32-28-27-30-34-38-42-46-50-56(61)58-54(53-59)55(60)49-45-41-37-33-29-25-23-18-16-14-12-10-8-6-4-2/h17,19,54-55,59-60H,3-16,18,20-53H2,1-2H3,(H,58,61)/b19-17-. The van der Waals surface area contributed by atoms with E-state index in [4.69, 9.17) is 4.74 Å². The van der Waals surface area contributed by atoms with Crippen molar-refractivity contribution < 1.29 is 24.5 Å². The monoisotopic (exact) mass is 890 g/mol. The molecule has 0 spiro atoms. The number of hydrogen-bond donors (Lipinski definition) is 3. The van der Waals surface area contributed by atoms with Gasteiger partial charge in [-0.05, 0) is 51.4 Å². The first-order valence-corrected chi connectivity index (χ1v) is 28.4. The molecule has 0 radical (unpaired) electrons. The summed E-state index contributed by atoms with van der Waals surface area (Å²) >= 11 is 0. The van der Waals surface area contributed by atoms with E-state index in [0.29, 0.717) is 25.9 Å². The molecule has 6 nitrogen and oxygen atoms in total. The van der Waals surface area contributed by atoms with Crippen LogP contribution in [0.2, 0.25) is 0 Å². The number of hydrogen-bond acceptors (Lipinski definition) is 5. The quantitative estimate of drug-likeness (QED) is 0.0321. The van der Waals surface area contributed by atoms with Gasteiger partial charge in [0.25, 0.3) is 0 Å². The van der Waals surface area contributed by atoms with Gasteiger partial charge in [-0.2, -0.15) is 0 Å². The number of aliphatic hydroxyl groups excluding tert-OH is 2. The average Bonchev–Trinajstić information content (AvgIpc) is 3.28. The molecule has 0 aromatic heterocycles. The van der Waals surface area contributed by atoms with Gasteiger partial charge in [0.15, 0.2) is 0 Å². The highest BCUT2D eigenvalue weighted by atomic mass is 16.5. The van der Waals surface area contributed by atoms with E-state index >= 15 is 0 Å². The largest absolute Gasteiger partial charge is 0.466 e. The molecule has 0 aromatic carbocycles. The maximum Gasteiger partial charge on any atom is 0.305 e. The van der Waals surface area contributed by atoms with E-state index in [9.17, 15) is 19.8 Å². The molecule has 0 bridgehead atoms. The normalized spacial score (nSPS) is 12.6. The van der Waals surface area contributed by atoms with Gasteiger partial charge >= 0.3 is 5.97 Å². The van der Waals surface area contributed by atoms with Crippen LogP contribution in [0.4, 0.5) is 0 Å². The summed E-state index contributed by atoms with van der Waals surface area (Å²) in [6.45, 7) is 4.93.